The van der Waals surface area contributed by atoms with Gasteiger partial charge in [0.15, 0.2) is 5.58 Å². The Morgan fingerprint density at radius 2 is 1.74 bits per heavy atom. The molecule has 0 saturated carbocycles. The van der Waals surface area contributed by atoms with Crippen molar-refractivity contribution in [2.24, 2.45) is 0 Å². The Labute approximate surface area is 196 Å². The van der Waals surface area contributed by atoms with Gasteiger partial charge in [-0.1, -0.05) is 36.4 Å². The van der Waals surface area contributed by atoms with Crippen molar-refractivity contribution in [2.45, 2.75) is 19.0 Å². The number of aromatic nitrogens is 1. The molecule has 6 rings (SSSR count). The Balaban J connectivity index is 1.37. The number of morpholine rings is 1. The van der Waals surface area contributed by atoms with E-state index < -0.39 is 5.76 Å². The molecule has 4 aromatic rings. The van der Waals surface area contributed by atoms with Crippen LogP contribution in [0.5, 0.6) is 0 Å². The first-order chi connectivity index (χ1) is 16.7. The molecule has 1 unspecified atom stereocenters. The topological polar surface area (TPSA) is 78.8 Å². The van der Waals surface area contributed by atoms with Crippen LogP contribution in [0.1, 0.15) is 33.1 Å². The van der Waals surface area contributed by atoms with Gasteiger partial charge in [-0.25, -0.2) is 4.79 Å². The average molecular weight is 456 g/mol. The normalized spacial score (nSPS) is 18.0. The minimum absolute atomic E-state index is 0.0278. The van der Waals surface area contributed by atoms with Crippen LogP contribution >= 0.6 is 0 Å². The molecule has 0 spiro atoms. The number of amides is 1. The van der Waals surface area contributed by atoms with E-state index in [4.69, 9.17) is 9.15 Å². The molecule has 0 radical (unpaired) electrons. The van der Waals surface area contributed by atoms with E-state index in [-0.39, 0.29) is 11.9 Å². The molecule has 1 atom stereocenters. The molecule has 2 aliphatic rings. The van der Waals surface area contributed by atoms with Crippen LogP contribution in [0.3, 0.4) is 0 Å². The van der Waals surface area contributed by atoms with Crippen LogP contribution in [-0.2, 0) is 17.7 Å². The van der Waals surface area contributed by atoms with Gasteiger partial charge in [-0.3, -0.25) is 9.78 Å². The summed E-state index contributed by atoms with van der Waals surface area (Å²) in [5.74, 6) is -0.450. The second kappa shape index (κ2) is 8.50. The number of nitrogens with zero attached hydrogens (tertiary/aromatic N) is 2. The number of hydrogen-bond acceptors (Lipinski definition) is 5. The number of oxazole rings is 1. The number of rotatable bonds is 5. The largest absolute Gasteiger partial charge is 0.417 e. The van der Waals surface area contributed by atoms with E-state index in [2.05, 4.69) is 28.1 Å². The third-order valence-corrected chi connectivity index (χ3v) is 6.75. The molecular formula is C27H25N3O4. The van der Waals surface area contributed by atoms with E-state index in [1.807, 2.05) is 53.4 Å². The minimum Gasteiger partial charge on any atom is -0.408 e. The zero-order chi connectivity index (χ0) is 23.1. The van der Waals surface area contributed by atoms with E-state index in [0.717, 1.165) is 41.9 Å². The lowest BCUT2D eigenvalue weighted by atomic mass is 9.97. The Bertz CT molecular complexity index is 1400. The summed E-state index contributed by atoms with van der Waals surface area (Å²) in [4.78, 5) is 32.1. The molecule has 1 amide bonds. The minimum atomic E-state index is -0.477. The average Bonchev–Trinajstić information content (AvgIpc) is 3.36. The molecule has 2 aliphatic heterocycles. The number of hydrogen-bond donors (Lipinski definition) is 1. The van der Waals surface area contributed by atoms with Gasteiger partial charge in [0.1, 0.15) is 0 Å². The molecule has 7 nitrogen and oxygen atoms in total. The fourth-order valence-corrected chi connectivity index (χ4v) is 5.03. The van der Waals surface area contributed by atoms with Crippen molar-refractivity contribution in [3.05, 3.63) is 99.5 Å². The van der Waals surface area contributed by atoms with E-state index in [1.165, 1.54) is 5.56 Å². The van der Waals surface area contributed by atoms with Gasteiger partial charge < -0.3 is 19.0 Å². The molecule has 0 aliphatic carbocycles. The van der Waals surface area contributed by atoms with Crippen molar-refractivity contribution >= 4 is 22.7 Å². The van der Waals surface area contributed by atoms with E-state index >= 15 is 0 Å². The first-order valence-corrected chi connectivity index (χ1v) is 11.6. The first kappa shape index (κ1) is 20.7. The van der Waals surface area contributed by atoms with Crippen LogP contribution in [0, 0.1) is 0 Å². The number of fused-ring (bicyclic) bond motifs is 2. The molecule has 34 heavy (non-hydrogen) atoms. The quantitative estimate of drug-likeness (QED) is 0.494. The van der Waals surface area contributed by atoms with Gasteiger partial charge in [0.25, 0.3) is 5.91 Å². The van der Waals surface area contributed by atoms with E-state index in [1.54, 1.807) is 0 Å². The molecule has 1 N–H and O–H groups in total. The van der Waals surface area contributed by atoms with Crippen LogP contribution < -0.4 is 10.7 Å². The zero-order valence-corrected chi connectivity index (χ0v) is 18.7. The van der Waals surface area contributed by atoms with Crippen LogP contribution in [0.15, 0.2) is 75.9 Å². The van der Waals surface area contributed by atoms with Gasteiger partial charge in [0.05, 0.1) is 24.8 Å². The van der Waals surface area contributed by atoms with Crippen LogP contribution in [0.25, 0.3) is 11.1 Å². The SMILES string of the molecule is O=C1c2ccc(N3CCOCC3)cc2C(Cc2ccccc2)N1Cc1ccc2[nH]c(=O)oc2c1. The molecule has 1 aromatic heterocycles. The van der Waals surface area contributed by atoms with Crippen LogP contribution in [-0.4, -0.2) is 42.1 Å². The number of anilines is 1. The van der Waals surface area contributed by atoms with Crippen molar-refractivity contribution in [3.8, 4) is 0 Å². The Kier molecular flexibility index (Phi) is 5.19. The lowest BCUT2D eigenvalue weighted by Gasteiger charge is -2.30. The zero-order valence-electron chi connectivity index (χ0n) is 18.7. The second-order valence-corrected chi connectivity index (χ2v) is 8.85. The van der Waals surface area contributed by atoms with Gasteiger partial charge in [-0.2, -0.15) is 0 Å². The summed E-state index contributed by atoms with van der Waals surface area (Å²) < 4.78 is 10.7. The number of ether oxygens (including phenoxy) is 1. The molecule has 3 heterocycles. The smallest absolute Gasteiger partial charge is 0.408 e. The molecule has 3 aromatic carbocycles. The second-order valence-electron chi connectivity index (χ2n) is 8.85. The van der Waals surface area contributed by atoms with Crippen molar-refractivity contribution in [1.82, 2.24) is 9.88 Å². The highest BCUT2D eigenvalue weighted by molar-refractivity contribution is 5.99. The third-order valence-electron chi connectivity index (χ3n) is 6.75. The van der Waals surface area contributed by atoms with Gasteiger partial charge in [0, 0.05) is 30.9 Å². The van der Waals surface area contributed by atoms with Gasteiger partial charge >= 0.3 is 5.76 Å². The Morgan fingerprint density at radius 1 is 0.912 bits per heavy atom. The maximum atomic E-state index is 13.6. The van der Waals surface area contributed by atoms with Gasteiger partial charge in [-0.15, -0.1) is 0 Å². The number of benzene rings is 3. The summed E-state index contributed by atoms with van der Waals surface area (Å²) in [6.07, 6.45) is 0.730. The highest BCUT2D eigenvalue weighted by Gasteiger charge is 2.37. The summed E-state index contributed by atoms with van der Waals surface area (Å²) in [6.45, 7) is 3.56. The van der Waals surface area contributed by atoms with Crippen molar-refractivity contribution < 1.29 is 13.9 Å². The highest BCUT2D eigenvalue weighted by Crippen LogP contribution is 2.39. The predicted molar refractivity (Wildman–Crippen MR) is 129 cm³/mol. The standard InChI is InChI=1S/C27H25N3O4/c31-26-21-8-7-20(29-10-12-33-13-11-29)16-22(21)24(14-18-4-2-1-3-5-18)30(26)17-19-6-9-23-25(15-19)34-27(32)28-23/h1-9,15-16,24H,10-14,17H2,(H,28,32). The third kappa shape index (κ3) is 3.78. The van der Waals surface area contributed by atoms with E-state index in [9.17, 15) is 9.59 Å². The number of H-pyrrole nitrogens is 1. The molecule has 7 heteroatoms. The molecule has 172 valence electrons. The summed E-state index contributed by atoms with van der Waals surface area (Å²) in [6, 6.07) is 22.0. The van der Waals surface area contributed by atoms with Crippen molar-refractivity contribution in [3.63, 3.8) is 0 Å². The summed E-state index contributed by atoms with van der Waals surface area (Å²) in [5, 5.41) is 0. The van der Waals surface area contributed by atoms with Crippen molar-refractivity contribution in [2.75, 3.05) is 31.2 Å². The number of aromatic amines is 1. The molecule has 0 bridgehead atoms. The lowest BCUT2D eigenvalue weighted by Crippen LogP contribution is -2.36. The van der Waals surface area contributed by atoms with Crippen LogP contribution in [0.2, 0.25) is 0 Å². The summed E-state index contributed by atoms with van der Waals surface area (Å²) in [5.41, 5.74) is 6.20. The fourth-order valence-electron chi connectivity index (χ4n) is 5.03. The Morgan fingerprint density at radius 3 is 2.56 bits per heavy atom. The number of nitrogens with one attached hydrogen (secondary N) is 1. The predicted octanol–water partition coefficient (Wildman–Crippen LogP) is 3.90. The molecule has 1 fully saturated rings. The Hall–Kier alpha value is -3.84. The number of carbonyl (C=O) groups is 1. The van der Waals surface area contributed by atoms with Crippen molar-refractivity contribution in [1.29, 1.82) is 0 Å². The monoisotopic (exact) mass is 455 g/mol. The van der Waals surface area contributed by atoms with Gasteiger partial charge in [-0.05, 0) is 53.4 Å². The molecule has 1 saturated heterocycles. The first-order valence-electron chi connectivity index (χ1n) is 11.6. The molecular weight excluding hydrogens is 430 g/mol. The maximum absolute atomic E-state index is 13.6. The highest BCUT2D eigenvalue weighted by atomic mass is 16.5. The summed E-state index contributed by atoms with van der Waals surface area (Å²) in [7, 11) is 0. The van der Waals surface area contributed by atoms with Crippen LogP contribution in [0.4, 0.5) is 5.69 Å². The fraction of sp³-hybridized carbons (Fsp3) is 0.259. The number of carbonyl (C=O) groups excluding carboxylic acids is 1. The van der Waals surface area contributed by atoms with Gasteiger partial charge in [0.2, 0.25) is 0 Å². The van der Waals surface area contributed by atoms with E-state index in [0.29, 0.717) is 30.9 Å². The summed E-state index contributed by atoms with van der Waals surface area (Å²) >= 11 is 0. The lowest BCUT2D eigenvalue weighted by molar-refractivity contribution is 0.0709. The maximum Gasteiger partial charge on any atom is 0.417 e.